The van der Waals surface area contributed by atoms with Crippen molar-refractivity contribution in [3.8, 4) is 0 Å². The number of carbonyl (C=O) groups excluding carboxylic acids is 3. The third-order valence-electron chi connectivity index (χ3n) is 10.8. The molecule has 0 bridgehead atoms. The highest BCUT2D eigenvalue weighted by Gasteiger charge is 2.74. The molecular formula is C30H41ClN2O6. The summed E-state index contributed by atoms with van der Waals surface area (Å²) in [6.45, 7) is 9.05. The number of halogens is 1. The van der Waals surface area contributed by atoms with Crippen LogP contribution < -0.4 is 0 Å². The molecule has 9 atom stereocenters. The number of nitrogens with zero attached hydrogens (tertiary/aromatic N) is 2. The second-order valence-corrected chi connectivity index (χ2v) is 13.3. The summed E-state index contributed by atoms with van der Waals surface area (Å²) in [5.41, 5.74) is 0.803. The summed E-state index contributed by atoms with van der Waals surface area (Å²) in [7, 11) is 1.94. The van der Waals surface area contributed by atoms with Crippen molar-refractivity contribution >= 4 is 35.4 Å². The van der Waals surface area contributed by atoms with Crippen molar-refractivity contribution < 1.29 is 29.0 Å². The fourth-order valence-corrected chi connectivity index (χ4v) is 9.52. The van der Waals surface area contributed by atoms with E-state index in [4.69, 9.17) is 21.1 Å². The summed E-state index contributed by atoms with van der Waals surface area (Å²) in [5.74, 6) is -1.97. The first-order valence-electron chi connectivity index (χ1n) is 14.3. The van der Waals surface area contributed by atoms with Gasteiger partial charge in [0.1, 0.15) is 0 Å². The zero-order valence-corrected chi connectivity index (χ0v) is 24.6. The third kappa shape index (κ3) is 3.95. The Morgan fingerprint density at radius 1 is 1.21 bits per heavy atom. The van der Waals surface area contributed by atoms with E-state index in [1.165, 1.54) is 5.57 Å². The molecule has 3 saturated carbocycles. The van der Waals surface area contributed by atoms with Crippen LogP contribution in [0.2, 0.25) is 0 Å². The third-order valence-corrected chi connectivity index (χ3v) is 11.2. The SMILES string of the molecule is CCC(=O)OCC(=O)[C@]1(OC(=O)CC)[C@H](C)C[C@H]2[C@H]3[C@H]([C@@H](O)C[C@@]21C)[C@@]1(C)Cc2cnn(C)c2C=C1C[C@H]3Cl. The quantitative estimate of drug-likeness (QED) is 0.409. The molecule has 1 aromatic rings. The predicted octanol–water partition coefficient (Wildman–Crippen LogP) is 4.25. The number of aliphatic hydroxyl groups excluding tert-OH is 1. The first-order chi connectivity index (χ1) is 18.3. The molecule has 1 N–H and O–H groups in total. The molecule has 8 nitrogen and oxygen atoms in total. The van der Waals surface area contributed by atoms with Crippen molar-refractivity contribution in [2.75, 3.05) is 6.61 Å². The summed E-state index contributed by atoms with van der Waals surface area (Å²) in [6, 6.07) is 0. The van der Waals surface area contributed by atoms with Gasteiger partial charge in [-0.15, -0.1) is 11.6 Å². The van der Waals surface area contributed by atoms with Gasteiger partial charge in [-0.25, -0.2) is 0 Å². The van der Waals surface area contributed by atoms with Crippen molar-refractivity contribution in [1.29, 1.82) is 0 Å². The molecule has 5 rings (SSSR count). The Morgan fingerprint density at radius 3 is 2.56 bits per heavy atom. The molecule has 214 valence electrons. The molecule has 39 heavy (non-hydrogen) atoms. The predicted molar refractivity (Wildman–Crippen MR) is 146 cm³/mol. The molecule has 0 aromatic carbocycles. The van der Waals surface area contributed by atoms with Crippen LogP contribution in [0.3, 0.4) is 0 Å². The van der Waals surface area contributed by atoms with Crippen molar-refractivity contribution in [2.24, 2.45) is 41.5 Å². The number of aliphatic hydroxyl groups is 1. The summed E-state index contributed by atoms with van der Waals surface area (Å²) >= 11 is 7.25. The highest BCUT2D eigenvalue weighted by Crippen LogP contribution is 2.70. The lowest BCUT2D eigenvalue weighted by Crippen LogP contribution is -2.66. The van der Waals surface area contributed by atoms with E-state index in [2.05, 4.69) is 18.1 Å². The minimum Gasteiger partial charge on any atom is -0.457 e. The second kappa shape index (κ2) is 9.72. The first-order valence-corrected chi connectivity index (χ1v) is 14.7. The standard InChI is InChI=1S/C30H41ClN2O6/c1-7-24(36)38-15-23(35)30(39-25(37)8-2)16(3)9-19-26-20(31)10-18-11-21-17(14-32-33(21)6)12-28(18,4)27(26)22(34)13-29(19,30)5/h11,14,16,19-20,22,26-27,34H,7-10,12-13,15H2,1-6H3/t16-,19+,20-,22+,26-,27+,28+,29+,30-/m1/s1. The molecule has 0 unspecified atom stereocenters. The maximum Gasteiger partial charge on any atom is 0.306 e. The number of alkyl halides is 1. The van der Waals surface area contributed by atoms with E-state index in [9.17, 15) is 19.5 Å². The van der Waals surface area contributed by atoms with Gasteiger partial charge in [0.2, 0.25) is 5.78 Å². The molecule has 0 radical (unpaired) electrons. The van der Waals surface area contributed by atoms with Gasteiger partial charge in [0.05, 0.1) is 18.0 Å². The molecule has 4 aliphatic carbocycles. The number of ether oxygens (including phenoxy) is 2. The first kappa shape index (κ1) is 28.3. The van der Waals surface area contributed by atoms with E-state index < -0.39 is 41.4 Å². The minimum absolute atomic E-state index is 0.0625. The van der Waals surface area contributed by atoms with Gasteiger partial charge in [0, 0.05) is 36.6 Å². The Bertz CT molecular complexity index is 1230. The highest BCUT2D eigenvalue weighted by molar-refractivity contribution is 6.21. The minimum atomic E-state index is -1.51. The zero-order valence-electron chi connectivity index (χ0n) is 23.8. The Labute approximate surface area is 235 Å². The van der Waals surface area contributed by atoms with Gasteiger partial charge in [0.15, 0.2) is 12.2 Å². The average Bonchev–Trinajstić information content (AvgIpc) is 3.34. The van der Waals surface area contributed by atoms with Crippen LogP contribution in [0, 0.1) is 34.5 Å². The molecule has 4 aliphatic rings. The lowest BCUT2D eigenvalue weighted by Gasteiger charge is -2.61. The number of Topliss-reactive ketones (excluding diaryl/α,β-unsaturated/α-hetero) is 1. The number of aryl methyl sites for hydroxylation is 1. The van der Waals surface area contributed by atoms with E-state index in [0.717, 1.165) is 17.7 Å². The molecular weight excluding hydrogens is 520 g/mol. The van der Waals surface area contributed by atoms with Gasteiger partial charge in [-0.2, -0.15) is 5.10 Å². The topological polar surface area (TPSA) is 108 Å². The maximum atomic E-state index is 14.0. The lowest BCUT2D eigenvalue weighted by atomic mass is 9.45. The Kier molecular flexibility index (Phi) is 7.06. The Morgan fingerprint density at radius 2 is 1.90 bits per heavy atom. The summed E-state index contributed by atoms with van der Waals surface area (Å²) in [6.07, 6.45) is 5.99. The van der Waals surface area contributed by atoms with Gasteiger partial charge in [-0.05, 0) is 60.5 Å². The Hall–Kier alpha value is -2.19. The molecule has 0 saturated heterocycles. The van der Waals surface area contributed by atoms with E-state index in [1.54, 1.807) is 13.8 Å². The number of fused-ring (bicyclic) bond motifs is 6. The van der Waals surface area contributed by atoms with Crippen LogP contribution in [-0.4, -0.2) is 56.3 Å². The average molecular weight is 561 g/mol. The van der Waals surface area contributed by atoms with Crippen LogP contribution in [0.4, 0.5) is 0 Å². The molecule has 0 aliphatic heterocycles. The van der Waals surface area contributed by atoms with Crippen LogP contribution in [0.25, 0.3) is 6.08 Å². The second-order valence-electron chi connectivity index (χ2n) is 12.7. The summed E-state index contributed by atoms with van der Waals surface area (Å²) < 4.78 is 13.3. The molecule has 9 heteroatoms. The van der Waals surface area contributed by atoms with E-state index >= 15 is 0 Å². The monoisotopic (exact) mass is 560 g/mol. The smallest absolute Gasteiger partial charge is 0.306 e. The Balaban J connectivity index is 1.57. The van der Waals surface area contributed by atoms with Gasteiger partial charge in [-0.3, -0.25) is 19.1 Å². The van der Waals surface area contributed by atoms with Gasteiger partial charge in [0.25, 0.3) is 0 Å². The fourth-order valence-electron chi connectivity index (χ4n) is 9.02. The van der Waals surface area contributed by atoms with E-state index in [-0.39, 0.29) is 47.3 Å². The number of allylic oxidation sites excluding steroid dienone is 1. The molecule has 3 fully saturated rings. The van der Waals surface area contributed by atoms with E-state index in [1.807, 2.05) is 31.8 Å². The number of esters is 2. The van der Waals surface area contributed by atoms with Crippen LogP contribution in [0.1, 0.15) is 78.0 Å². The van der Waals surface area contributed by atoms with Crippen LogP contribution >= 0.6 is 11.6 Å². The highest BCUT2D eigenvalue weighted by atomic mass is 35.5. The fraction of sp³-hybridized carbons (Fsp3) is 0.733. The van der Waals surface area contributed by atoms with Crippen molar-refractivity contribution in [3.63, 3.8) is 0 Å². The number of aromatic nitrogens is 2. The molecule has 0 amide bonds. The number of carbonyl (C=O) groups is 3. The summed E-state index contributed by atoms with van der Waals surface area (Å²) in [5, 5.41) is 16.2. The van der Waals surface area contributed by atoms with Crippen LogP contribution in [0.15, 0.2) is 11.8 Å². The molecule has 1 aromatic heterocycles. The number of rotatable bonds is 6. The number of hydrogen-bond donors (Lipinski definition) is 1. The normalized spacial score (nSPS) is 40.5. The van der Waals surface area contributed by atoms with Crippen LogP contribution in [0.5, 0.6) is 0 Å². The molecule has 1 heterocycles. The van der Waals surface area contributed by atoms with Crippen LogP contribution in [-0.2, 0) is 37.3 Å². The van der Waals surface area contributed by atoms with Gasteiger partial charge in [-0.1, -0.05) is 40.2 Å². The van der Waals surface area contributed by atoms with Gasteiger partial charge < -0.3 is 14.6 Å². The van der Waals surface area contributed by atoms with E-state index in [0.29, 0.717) is 19.3 Å². The van der Waals surface area contributed by atoms with Crippen molar-refractivity contribution in [1.82, 2.24) is 9.78 Å². The van der Waals surface area contributed by atoms with Crippen molar-refractivity contribution in [2.45, 2.75) is 90.2 Å². The van der Waals surface area contributed by atoms with Gasteiger partial charge >= 0.3 is 11.9 Å². The summed E-state index contributed by atoms with van der Waals surface area (Å²) in [4.78, 5) is 38.8. The maximum absolute atomic E-state index is 14.0. The largest absolute Gasteiger partial charge is 0.457 e. The zero-order chi connectivity index (χ0) is 28.5. The lowest BCUT2D eigenvalue weighted by molar-refractivity contribution is -0.207. The number of hydrogen-bond acceptors (Lipinski definition) is 7. The molecule has 0 spiro atoms. The number of ketones is 1. The van der Waals surface area contributed by atoms with Crippen molar-refractivity contribution in [3.05, 3.63) is 23.0 Å².